The second-order valence-electron chi connectivity index (χ2n) is 7.42. The lowest BCUT2D eigenvalue weighted by molar-refractivity contribution is 0.155. The van der Waals surface area contributed by atoms with Crippen LogP contribution < -0.4 is 10.6 Å². The molecule has 7 heteroatoms. The van der Waals surface area contributed by atoms with Crippen LogP contribution in [0.25, 0.3) is 0 Å². The smallest absolute Gasteiger partial charge is 0.191 e. The molecule has 0 amide bonds. The first-order valence-corrected chi connectivity index (χ1v) is 11.5. The fourth-order valence-electron chi connectivity index (χ4n) is 3.57. The van der Waals surface area contributed by atoms with Gasteiger partial charge in [0, 0.05) is 70.2 Å². The zero-order chi connectivity index (χ0) is 20.2. The Kier molecular flexibility index (Phi) is 9.56. The average molecular weight is 419 g/mol. The van der Waals surface area contributed by atoms with Gasteiger partial charge >= 0.3 is 0 Å². The summed E-state index contributed by atoms with van der Waals surface area (Å²) in [6.07, 6.45) is 6.98. The minimum Gasteiger partial charge on any atom is -0.469 e. The van der Waals surface area contributed by atoms with E-state index in [-0.39, 0.29) is 0 Å². The number of likely N-dealkylation sites (tertiary alicyclic amines) is 1. The summed E-state index contributed by atoms with van der Waals surface area (Å²) in [6.45, 7) is 5.86. The van der Waals surface area contributed by atoms with Gasteiger partial charge in [0.2, 0.25) is 0 Å². The maximum atomic E-state index is 5.43. The van der Waals surface area contributed by atoms with Gasteiger partial charge in [-0.3, -0.25) is 4.99 Å². The summed E-state index contributed by atoms with van der Waals surface area (Å²) in [4.78, 5) is 8.75. The Morgan fingerprint density at radius 1 is 1.28 bits per heavy atom. The van der Waals surface area contributed by atoms with Crippen molar-refractivity contribution >= 4 is 17.3 Å². The van der Waals surface area contributed by atoms with Gasteiger partial charge < -0.3 is 24.7 Å². The predicted molar refractivity (Wildman–Crippen MR) is 120 cm³/mol. The standard InChI is InChI=1S/C22H34N4O2S/c1-27-16-4-13-26-14-9-19(10-15-26)25-22(23-11-7-20-5-2-17-28-20)24-12-8-21-6-3-18-29-21/h2-3,5-6,17-19H,4,7-16H2,1H3,(H2,23,24,25). The Morgan fingerprint density at radius 2 is 2.17 bits per heavy atom. The molecule has 29 heavy (non-hydrogen) atoms. The van der Waals surface area contributed by atoms with E-state index in [1.807, 2.05) is 12.1 Å². The molecule has 1 aliphatic heterocycles. The largest absolute Gasteiger partial charge is 0.469 e. The molecule has 0 aliphatic carbocycles. The summed E-state index contributed by atoms with van der Waals surface area (Å²) in [7, 11) is 1.77. The molecule has 0 spiro atoms. The Bertz CT molecular complexity index is 680. The van der Waals surface area contributed by atoms with Crippen LogP contribution in [0.5, 0.6) is 0 Å². The van der Waals surface area contributed by atoms with Gasteiger partial charge in [0.1, 0.15) is 5.76 Å². The number of ether oxygens (including phenoxy) is 1. The molecule has 0 saturated carbocycles. The lowest BCUT2D eigenvalue weighted by atomic mass is 10.1. The maximum absolute atomic E-state index is 5.43. The molecule has 0 bridgehead atoms. The molecule has 0 unspecified atom stereocenters. The fraction of sp³-hybridized carbons (Fsp3) is 0.591. The summed E-state index contributed by atoms with van der Waals surface area (Å²) in [5, 5.41) is 9.28. The van der Waals surface area contributed by atoms with Gasteiger partial charge in [0.25, 0.3) is 0 Å². The van der Waals surface area contributed by atoms with E-state index in [1.54, 1.807) is 24.7 Å². The number of rotatable bonds is 11. The number of methoxy groups -OCH3 is 1. The van der Waals surface area contributed by atoms with E-state index < -0.39 is 0 Å². The molecule has 160 valence electrons. The number of aliphatic imine (C=N–C) groups is 1. The van der Waals surface area contributed by atoms with Crippen LogP contribution in [0.2, 0.25) is 0 Å². The Morgan fingerprint density at radius 3 is 2.90 bits per heavy atom. The molecule has 0 radical (unpaired) electrons. The van der Waals surface area contributed by atoms with Gasteiger partial charge in [0.15, 0.2) is 5.96 Å². The first-order valence-electron chi connectivity index (χ1n) is 10.6. The fourth-order valence-corrected chi connectivity index (χ4v) is 4.27. The summed E-state index contributed by atoms with van der Waals surface area (Å²) in [5.41, 5.74) is 0. The zero-order valence-electron chi connectivity index (χ0n) is 17.4. The third kappa shape index (κ3) is 8.20. The van der Waals surface area contributed by atoms with Crippen LogP contribution in [0.3, 0.4) is 0 Å². The second-order valence-corrected chi connectivity index (χ2v) is 8.45. The molecule has 3 heterocycles. The second kappa shape index (κ2) is 12.7. The maximum Gasteiger partial charge on any atom is 0.191 e. The topological polar surface area (TPSA) is 62.0 Å². The van der Waals surface area contributed by atoms with Crippen molar-refractivity contribution in [2.24, 2.45) is 4.99 Å². The van der Waals surface area contributed by atoms with Crippen molar-refractivity contribution < 1.29 is 9.15 Å². The highest BCUT2D eigenvalue weighted by Crippen LogP contribution is 2.11. The molecule has 2 aromatic heterocycles. The summed E-state index contributed by atoms with van der Waals surface area (Å²) in [5.74, 6) is 1.92. The van der Waals surface area contributed by atoms with Gasteiger partial charge in [-0.05, 0) is 42.8 Å². The van der Waals surface area contributed by atoms with E-state index in [0.29, 0.717) is 6.04 Å². The number of nitrogens with one attached hydrogen (secondary N) is 2. The number of hydrogen-bond donors (Lipinski definition) is 2. The van der Waals surface area contributed by atoms with Gasteiger partial charge in [0.05, 0.1) is 6.26 Å². The number of thiophene rings is 1. The molecule has 1 aliphatic rings. The molecule has 6 nitrogen and oxygen atoms in total. The summed E-state index contributed by atoms with van der Waals surface area (Å²) < 4.78 is 10.6. The molecule has 2 N–H and O–H groups in total. The van der Waals surface area contributed by atoms with Crippen molar-refractivity contribution in [1.82, 2.24) is 15.5 Å². The number of guanidine groups is 1. The van der Waals surface area contributed by atoms with Gasteiger partial charge in [-0.2, -0.15) is 0 Å². The molecular weight excluding hydrogens is 384 g/mol. The van der Waals surface area contributed by atoms with Gasteiger partial charge in [-0.25, -0.2) is 0 Å². The van der Waals surface area contributed by atoms with E-state index in [1.165, 1.54) is 4.88 Å². The van der Waals surface area contributed by atoms with Crippen LogP contribution in [-0.4, -0.2) is 63.3 Å². The monoisotopic (exact) mass is 418 g/mol. The van der Waals surface area contributed by atoms with Crippen LogP contribution in [0.4, 0.5) is 0 Å². The third-order valence-corrected chi connectivity index (χ3v) is 6.14. The number of piperidine rings is 1. The highest BCUT2D eigenvalue weighted by molar-refractivity contribution is 7.09. The Balaban J connectivity index is 1.45. The highest BCUT2D eigenvalue weighted by Gasteiger charge is 2.19. The minimum atomic E-state index is 0.477. The van der Waals surface area contributed by atoms with Crippen molar-refractivity contribution in [3.8, 4) is 0 Å². The molecule has 3 rings (SSSR count). The van der Waals surface area contributed by atoms with Crippen molar-refractivity contribution in [2.75, 3.05) is 46.4 Å². The average Bonchev–Trinajstić information content (AvgIpc) is 3.44. The first kappa shape index (κ1) is 21.9. The molecule has 0 atom stereocenters. The molecule has 1 fully saturated rings. The molecule has 1 saturated heterocycles. The lowest BCUT2D eigenvalue weighted by Crippen LogP contribution is -2.49. The summed E-state index contributed by atoms with van der Waals surface area (Å²) >= 11 is 1.80. The Labute approximate surface area is 178 Å². The number of furan rings is 1. The van der Waals surface area contributed by atoms with Crippen molar-refractivity contribution in [1.29, 1.82) is 0 Å². The number of hydrogen-bond acceptors (Lipinski definition) is 5. The Hall–Kier alpha value is -1.83. The minimum absolute atomic E-state index is 0.477. The predicted octanol–water partition coefficient (Wildman–Crippen LogP) is 3.16. The normalized spacial score (nSPS) is 16.2. The lowest BCUT2D eigenvalue weighted by Gasteiger charge is -2.33. The highest BCUT2D eigenvalue weighted by atomic mass is 32.1. The van der Waals surface area contributed by atoms with Gasteiger partial charge in [-0.1, -0.05) is 6.07 Å². The van der Waals surface area contributed by atoms with Crippen molar-refractivity contribution in [2.45, 2.75) is 38.1 Å². The quantitative estimate of drug-likeness (QED) is 0.333. The zero-order valence-corrected chi connectivity index (χ0v) is 18.3. The van der Waals surface area contributed by atoms with Gasteiger partial charge in [-0.15, -0.1) is 11.3 Å². The van der Waals surface area contributed by atoms with E-state index in [2.05, 4.69) is 33.0 Å². The summed E-state index contributed by atoms with van der Waals surface area (Å²) in [6, 6.07) is 8.71. The van der Waals surface area contributed by atoms with Crippen molar-refractivity contribution in [3.63, 3.8) is 0 Å². The number of nitrogens with zero attached hydrogens (tertiary/aromatic N) is 2. The SMILES string of the molecule is COCCCN1CCC(NC(=NCCc2cccs2)NCCc2ccco2)CC1. The van der Waals surface area contributed by atoms with Crippen LogP contribution >= 0.6 is 11.3 Å². The molecule has 2 aromatic rings. The van der Waals surface area contributed by atoms with E-state index in [9.17, 15) is 0 Å². The third-order valence-electron chi connectivity index (χ3n) is 5.20. The van der Waals surface area contributed by atoms with E-state index in [0.717, 1.165) is 83.2 Å². The molecule has 0 aromatic carbocycles. The van der Waals surface area contributed by atoms with Crippen molar-refractivity contribution in [3.05, 3.63) is 46.5 Å². The van der Waals surface area contributed by atoms with Crippen LogP contribution in [0, 0.1) is 0 Å². The molecular formula is C22H34N4O2S. The van der Waals surface area contributed by atoms with Crippen LogP contribution in [-0.2, 0) is 17.6 Å². The van der Waals surface area contributed by atoms with Crippen LogP contribution in [0.15, 0.2) is 45.3 Å². The van der Waals surface area contributed by atoms with E-state index >= 15 is 0 Å². The van der Waals surface area contributed by atoms with E-state index in [4.69, 9.17) is 14.1 Å². The van der Waals surface area contributed by atoms with Crippen LogP contribution in [0.1, 0.15) is 29.9 Å². The first-order chi connectivity index (χ1) is 14.3.